The summed E-state index contributed by atoms with van der Waals surface area (Å²) in [5.41, 5.74) is 3.04. The summed E-state index contributed by atoms with van der Waals surface area (Å²) < 4.78 is 49.3. The molecule has 1 aliphatic carbocycles. The van der Waals surface area contributed by atoms with Crippen LogP contribution in [0.15, 0.2) is 84.5 Å². The summed E-state index contributed by atoms with van der Waals surface area (Å²) in [6.45, 7) is 8.89. The van der Waals surface area contributed by atoms with Crippen LogP contribution in [0, 0.1) is 5.92 Å². The molecule has 7 N–H and O–H groups in total. The van der Waals surface area contributed by atoms with Gasteiger partial charge in [0.2, 0.25) is 29.5 Å². The average molecular weight is 1290 g/mol. The van der Waals surface area contributed by atoms with E-state index in [0.717, 1.165) is 15.4 Å². The van der Waals surface area contributed by atoms with Crippen LogP contribution < -0.4 is 31.3 Å². The fourth-order valence-corrected chi connectivity index (χ4v) is 12.2. The van der Waals surface area contributed by atoms with Gasteiger partial charge in [0.05, 0.1) is 70.5 Å². The Hall–Kier alpha value is -8.14. The van der Waals surface area contributed by atoms with E-state index in [1.807, 2.05) is 19.1 Å². The number of fused-ring (bicyclic) bond motifs is 8. The predicted molar refractivity (Wildman–Crippen MR) is 329 cm³/mol. The molecule has 27 heteroatoms. The lowest BCUT2D eigenvalue weighted by Crippen LogP contribution is -2.65. The van der Waals surface area contributed by atoms with Crippen molar-refractivity contribution < 1.29 is 91.3 Å². The Morgan fingerprint density at radius 1 is 0.934 bits per heavy atom. The second-order valence-corrected chi connectivity index (χ2v) is 23.8. The smallest absolute Gasteiger partial charge is 0.409 e. The van der Waals surface area contributed by atoms with Crippen molar-refractivity contribution >= 4 is 70.9 Å². The number of nitrogens with two attached hydrogens (primary N) is 1. The zero-order valence-corrected chi connectivity index (χ0v) is 53.7. The number of allylic oxidation sites excluding steroid dienone is 3. The van der Waals surface area contributed by atoms with E-state index in [0.29, 0.717) is 27.8 Å². The minimum atomic E-state index is -2.57. The van der Waals surface area contributed by atoms with Crippen LogP contribution in [-0.4, -0.2) is 201 Å². The van der Waals surface area contributed by atoms with E-state index in [2.05, 4.69) is 16.0 Å². The maximum atomic E-state index is 16.0. The number of carbonyl (C=O) groups excluding carboxylic acids is 8. The molecule has 91 heavy (non-hydrogen) atoms. The van der Waals surface area contributed by atoms with Gasteiger partial charge in [0, 0.05) is 54.1 Å². The van der Waals surface area contributed by atoms with Crippen LogP contribution >= 0.6 is 11.6 Å². The summed E-state index contributed by atoms with van der Waals surface area (Å²) in [5.74, 6) is -7.84. The number of likely N-dealkylation sites (N-methyl/N-ethyl adjacent to an activating group) is 2. The number of aliphatic carboxylic acids is 1. The van der Waals surface area contributed by atoms with Gasteiger partial charge in [0.15, 0.2) is 17.4 Å². The third-order valence-corrected chi connectivity index (χ3v) is 17.9. The van der Waals surface area contributed by atoms with Gasteiger partial charge in [-0.2, -0.15) is 0 Å². The molecule has 3 aromatic carbocycles. The standard InChI is InChI=1S/C64H82ClN7O19/c1-35-17-16-22-49(85-11)64(83)33-48(88-61(82)69-64)36(2)55-62(6,90-55)63(91-59(80)38(4)70(7)39(5)73,34-52(76)72(9)46-30-40(29-35)31-47(84-10)54(46)65)56(53-43-20-14-12-18-41(43)42-19-13-15-21-44(42)53)89-60(81)68-45(32-50(66)74)57(77)67-24-26-87-28-27-86-25-23-51(75)71(8)37(3)58(78)79/h12-22,30-31,36-38,45,48-49,53,55-56,83H,23-29,32-34H2,1-11H3,(H2,66,74)(H,67,77)(H,68,81)(H,69,82)(H,78,79)/b22-16+,35-17+/t36-,37+,38+,45+,48+,49?,55+,56?,62-,63-,64+/m1/s1. The monoisotopic (exact) mass is 1290 g/mol. The molecule has 4 bridgehead atoms. The lowest BCUT2D eigenvalue weighted by atomic mass is 9.69. The van der Waals surface area contributed by atoms with E-state index in [4.69, 9.17) is 55.2 Å². The highest BCUT2D eigenvalue weighted by Crippen LogP contribution is 2.60. The van der Waals surface area contributed by atoms with E-state index >= 15 is 14.4 Å². The van der Waals surface area contributed by atoms with Crippen LogP contribution in [-0.2, 0) is 73.1 Å². The largest absolute Gasteiger partial charge is 0.495 e. The molecule has 0 spiro atoms. The van der Waals surface area contributed by atoms with Gasteiger partial charge in [0.25, 0.3) is 0 Å². The number of ether oxygens (including phenoxy) is 8. The van der Waals surface area contributed by atoms with Gasteiger partial charge in [-0.1, -0.05) is 90.9 Å². The first-order valence-electron chi connectivity index (χ1n) is 29.7. The number of alkyl carbamates (subject to hydrolysis) is 2. The number of benzene rings is 3. The van der Waals surface area contributed by atoms with Crippen molar-refractivity contribution in [2.45, 2.75) is 139 Å². The van der Waals surface area contributed by atoms with Gasteiger partial charge in [-0.3, -0.25) is 29.3 Å². The zero-order chi connectivity index (χ0) is 66.9. The van der Waals surface area contributed by atoms with Crippen LogP contribution in [0.4, 0.5) is 15.3 Å². The van der Waals surface area contributed by atoms with Crippen molar-refractivity contribution in [3.8, 4) is 16.9 Å². The van der Waals surface area contributed by atoms with E-state index in [1.54, 1.807) is 80.6 Å². The Bertz CT molecular complexity index is 3260. The molecule has 7 rings (SSSR count). The summed E-state index contributed by atoms with van der Waals surface area (Å²) in [6, 6.07) is 13.6. The summed E-state index contributed by atoms with van der Waals surface area (Å²) >= 11 is 7.12. The Morgan fingerprint density at radius 2 is 1.57 bits per heavy atom. The van der Waals surface area contributed by atoms with Crippen LogP contribution in [0.3, 0.4) is 0 Å². The number of esters is 1. The van der Waals surface area contributed by atoms with Crippen LogP contribution in [0.5, 0.6) is 5.75 Å². The van der Waals surface area contributed by atoms with Crippen molar-refractivity contribution in [1.82, 2.24) is 25.8 Å². The topological polar surface area (TPSA) is 343 Å². The summed E-state index contributed by atoms with van der Waals surface area (Å²) in [7, 11) is 6.97. The number of nitrogens with zero attached hydrogens (tertiary/aromatic N) is 3. The molecule has 2 unspecified atom stereocenters. The third kappa shape index (κ3) is 15.8. The SMILES string of the molecule is COc1cc2cc(c1Cl)N(C)C(=O)C[C@@](OC(=O)[C@H](C)N(C)C(C)=O)(C(OC(=O)N[C@@H](CC(N)=O)C(=O)NCCOCCOCCC(=O)N(C)[C@@H](C)C(=O)O)C1c3ccccc3-c3ccccc31)[C@]1(C)O[C@H]1[C@H](C)[C@@H]1C[C@@](O)(NC(=O)O1)C(OC)/C=C/C=C(\C)C2. The first kappa shape index (κ1) is 70.3. The molecule has 0 radical (unpaired) electrons. The number of halogens is 1. The molecule has 0 aromatic heterocycles. The van der Waals surface area contributed by atoms with Gasteiger partial charge in [-0.25, -0.2) is 19.2 Å². The Labute approximate surface area is 532 Å². The van der Waals surface area contributed by atoms with Crippen molar-refractivity contribution in [3.05, 3.63) is 106 Å². The van der Waals surface area contributed by atoms with Gasteiger partial charge in [-0.15, -0.1) is 0 Å². The number of carboxylic acid groups (broad SMARTS) is 1. The number of anilines is 1. The number of hydrogen-bond donors (Lipinski definition) is 6. The molecule has 3 aromatic rings. The second-order valence-electron chi connectivity index (χ2n) is 23.4. The number of aliphatic hydroxyl groups is 1. The number of carboxylic acids is 1. The molecule has 11 atom stereocenters. The Balaban J connectivity index is 1.34. The van der Waals surface area contributed by atoms with Crippen molar-refractivity contribution in [3.63, 3.8) is 0 Å². The predicted octanol–water partition coefficient (Wildman–Crippen LogP) is 4.53. The molecule has 2 saturated heterocycles. The van der Waals surface area contributed by atoms with E-state index in [9.17, 15) is 39.0 Å². The van der Waals surface area contributed by atoms with Crippen LogP contribution in [0.2, 0.25) is 5.02 Å². The fourth-order valence-electron chi connectivity index (χ4n) is 11.9. The maximum Gasteiger partial charge on any atom is 0.409 e. The molecular weight excluding hydrogens is 1210 g/mol. The molecular formula is C64H82ClN7O19. The molecule has 7 amide bonds. The van der Waals surface area contributed by atoms with Crippen molar-refractivity contribution in [2.24, 2.45) is 11.7 Å². The number of epoxide rings is 1. The van der Waals surface area contributed by atoms with E-state index < -0.39 is 138 Å². The Morgan fingerprint density at radius 3 is 2.18 bits per heavy atom. The molecule has 4 aliphatic rings. The highest BCUT2D eigenvalue weighted by Gasteiger charge is 2.76. The number of rotatable bonds is 23. The average Bonchev–Trinajstić information content (AvgIpc) is 1.54. The minimum absolute atomic E-state index is 0.0164. The maximum absolute atomic E-state index is 16.0. The van der Waals surface area contributed by atoms with E-state index in [-0.39, 0.29) is 68.7 Å². The number of amides is 7. The molecule has 494 valence electrons. The van der Waals surface area contributed by atoms with Crippen LogP contribution in [0.25, 0.3) is 11.1 Å². The first-order valence-corrected chi connectivity index (χ1v) is 30.1. The van der Waals surface area contributed by atoms with Gasteiger partial charge >= 0.3 is 24.1 Å². The fraction of sp³-hybridized carbons (Fsp3) is 0.516. The summed E-state index contributed by atoms with van der Waals surface area (Å²) in [6.07, 6.45) is -4.52. The van der Waals surface area contributed by atoms with Crippen LogP contribution in [0.1, 0.15) is 89.8 Å². The number of primary amides is 1. The Kier molecular flexibility index (Phi) is 23.1. The van der Waals surface area contributed by atoms with Gasteiger partial charge < -0.3 is 79.2 Å². The molecule has 3 heterocycles. The molecule has 26 nitrogen and oxygen atoms in total. The molecule has 2 fully saturated rings. The van der Waals surface area contributed by atoms with Crippen molar-refractivity contribution in [2.75, 3.05) is 73.2 Å². The highest BCUT2D eigenvalue weighted by atomic mass is 35.5. The quantitative estimate of drug-likeness (QED) is 0.0329. The number of methoxy groups -OCH3 is 2. The highest BCUT2D eigenvalue weighted by molar-refractivity contribution is 6.35. The summed E-state index contributed by atoms with van der Waals surface area (Å²) in [5, 5.41) is 29.3. The third-order valence-electron chi connectivity index (χ3n) is 17.5. The lowest BCUT2D eigenvalue weighted by Gasteiger charge is -2.46. The number of hydrogen-bond acceptors (Lipinski definition) is 18. The lowest BCUT2D eigenvalue weighted by molar-refractivity contribution is -0.196. The van der Waals surface area contributed by atoms with Gasteiger partial charge in [0.1, 0.15) is 46.7 Å². The first-order chi connectivity index (χ1) is 43.0. The van der Waals surface area contributed by atoms with Gasteiger partial charge in [-0.05, 0) is 74.1 Å². The van der Waals surface area contributed by atoms with E-state index in [1.165, 1.54) is 61.0 Å². The number of carbonyl (C=O) groups is 9. The minimum Gasteiger partial charge on any atom is -0.495 e. The molecule has 0 saturated carbocycles. The second kappa shape index (κ2) is 29.9. The van der Waals surface area contributed by atoms with Crippen molar-refractivity contribution in [1.29, 1.82) is 0 Å². The normalized spacial score (nSPS) is 25.2. The summed E-state index contributed by atoms with van der Waals surface area (Å²) in [4.78, 5) is 128. The molecule has 3 aliphatic heterocycles. The zero-order valence-electron chi connectivity index (χ0n) is 52.9. The number of nitrogens with one attached hydrogen (secondary N) is 3.